The predicted molar refractivity (Wildman–Crippen MR) is 250 cm³/mol. The lowest BCUT2D eigenvalue weighted by atomic mass is 10.0. The molecule has 4 aromatic carbocycles. The number of phenols is 1. The average Bonchev–Trinajstić information content (AvgIpc) is 3.79. The quantitative estimate of drug-likeness (QED) is 0.0570. The molecule has 12 heteroatoms. The average molecular weight is 858 g/mol. The summed E-state index contributed by atoms with van der Waals surface area (Å²) < 4.78 is 12.9. The molecule has 7 rings (SSSR count). The maximum atomic E-state index is 13.2. The van der Waals surface area contributed by atoms with Crippen LogP contribution in [0, 0.1) is 11.8 Å². The molecule has 1 saturated heterocycles. The number of likely N-dealkylation sites (tertiary alicyclic amines) is 1. The molecule has 11 nitrogen and oxygen atoms in total. The first kappa shape index (κ1) is 44.8. The van der Waals surface area contributed by atoms with Gasteiger partial charge in [-0.25, -0.2) is 4.79 Å². The molecule has 2 fully saturated rings. The van der Waals surface area contributed by atoms with Crippen molar-refractivity contribution < 1.29 is 23.9 Å². The van der Waals surface area contributed by atoms with E-state index in [1.807, 2.05) is 67.7 Å². The van der Waals surface area contributed by atoms with E-state index in [4.69, 9.17) is 9.16 Å². The van der Waals surface area contributed by atoms with E-state index in [1.165, 1.54) is 11.6 Å². The number of benzene rings is 4. The van der Waals surface area contributed by atoms with E-state index in [0.29, 0.717) is 49.8 Å². The highest BCUT2D eigenvalue weighted by molar-refractivity contribution is 6.74. The van der Waals surface area contributed by atoms with Gasteiger partial charge in [-0.2, -0.15) is 0 Å². The van der Waals surface area contributed by atoms with Crippen molar-refractivity contribution in [2.24, 2.45) is 11.8 Å². The Kier molecular flexibility index (Phi) is 14.0. The number of H-pyrrole nitrogens is 1. The third-order valence-electron chi connectivity index (χ3n) is 13.2. The molecule has 4 atom stereocenters. The van der Waals surface area contributed by atoms with Crippen molar-refractivity contribution >= 4 is 36.9 Å². The number of aromatic hydroxyl groups is 1. The number of aromatic amines is 1. The van der Waals surface area contributed by atoms with Crippen LogP contribution in [0.25, 0.3) is 22.0 Å². The van der Waals surface area contributed by atoms with Gasteiger partial charge in [0, 0.05) is 69.8 Å². The van der Waals surface area contributed by atoms with Crippen LogP contribution >= 0.6 is 0 Å². The molecular weight excluding hydrogens is 795 g/mol. The molecule has 1 saturated carbocycles. The molecule has 2 aliphatic rings. The van der Waals surface area contributed by atoms with Crippen molar-refractivity contribution in [1.29, 1.82) is 0 Å². The second-order valence-corrected chi connectivity index (χ2v) is 23.5. The predicted octanol–water partition coefficient (Wildman–Crippen LogP) is 9.10. The van der Waals surface area contributed by atoms with E-state index in [2.05, 4.69) is 78.6 Å². The summed E-state index contributed by atoms with van der Waals surface area (Å²) in [5.74, 6) is 1.16. The highest BCUT2D eigenvalue weighted by Crippen LogP contribution is 2.42. The standard InChI is InChI=1S/C50H63N5O6Si/c1-50(2,3)62(5,6)61-45(41-21-23-44(56)48-42(41)22-24-46(57)53-48)30-51-26-27-54(4)47(58)25-20-34-16-18-35(19-17-34)31-55-32-37-28-39(29-38(37)33-55)60-49(59)52-43-15-11-10-14-40(43)36-12-8-7-9-13-36/h7-19,21-24,37-39,45,51,56H,20,25-33H2,1-6H3,(H,52,59)(H,53,57)/t37-,38+,39+,45-/m0/s1. The summed E-state index contributed by atoms with van der Waals surface area (Å²) in [4.78, 5) is 45.3. The number of fused-ring (bicyclic) bond motifs is 2. The van der Waals surface area contributed by atoms with Gasteiger partial charge in [-0.1, -0.05) is 99.6 Å². The summed E-state index contributed by atoms with van der Waals surface area (Å²) in [6, 6.07) is 33.2. The van der Waals surface area contributed by atoms with E-state index in [-0.39, 0.29) is 34.5 Å². The lowest BCUT2D eigenvalue weighted by Crippen LogP contribution is -2.44. The minimum absolute atomic E-state index is 0.0194. The fourth-order valence-electron chi connectivity index (χ4n) is 8.72. The largest absolute Gasteiger partial charge is 0.506 e. The Morgan fingerprint density at radius 3 is 2.29 bits per heavy atom. The number of para-hydroxylation sites is 1. The van der Waals surface area contributed by atoms with Crippen LogP contribution in [-0.4, -0.2) is 86.1 Å². The number of rotatable bonds is 16. The van der Waals surface area contributed by atoms with E-state index in [9.17, 15) is 19.5 Å². The smallest absolute Gasteiger partial charge is 0.411 e. The first-order valence-corrected chi connectivity index (χ1v) is 24.9. The van der Waals surface area contributed by atoms with Crippen molar-refractivity contribution in [2.45, 2.75) is 83.3 Å². The van der Waals surface area contributed by atoms with Gasteiger partial charge < -0.3 is 29.5 Å². The minimum Gasteiger partial charge on any atom is -0.506 e. The molecule has 0 spiro atoms. The number of carbonyl (C=O) groups excluding carboxylic acids is 2. The third-order valence-corrected chi connectivity index (χ3v) is 17.7. The van der Waals surface area contributed by atoms with Gasteiger partial charge >= 0.3 is 6.09 Å². The fourth-order valence-corrected chi connectivity index (χ4v) is 10.00. The number of hydrogen-bond donors (Lipinski definition) is 4. The summed E-state index contributed by atoms with van der Waals surface area (Å²) in [6.45, 7) is 15.6. The summed E-state index contributed by atoms with van der Waals surface area (Å²) in [5, 5.41) is 17.8. The lowest BCUT2D eigenvalue weighted by molar-refractivity contribution is -0.129. The lowest BCUT2D eigenvalue weighted by Gasteiger charge is -2.39. The molecule has 2 amide bonds. The number of anilines is 1. The summed E-state index contributed by atoms with van der Waals surface area (Å²) in [7, 11) is -0.357. The molecule has 0 radical (unpaired) electrons. The highest BCUT2D eigenvalue weighted by atomic mass is 28.4. The Hall–Kier alpha value is -5.27. The zero-order valence-corrected chi connectivity index (χ0v) is 38.1. The van der Waals surface area contributed by atoms with Gasteiger partial charge in [0.15, 0.2) is 8.32 Å². The molecule has 1 aliphatic carbocycles. The van der Waals surface area contributed by atoms with Crippen LogP contribution in [0.3, 0.4) is 0 Å². The summed E-state index contributed by atoms with van der Waals surface area (Å²) in [6.07, 6.45) is 2.10. The van der Waals surface area contributed by atoms with Gasteiger partial charge in [0.2, 0.25) is 11.5 Å². The number of nitrogens with zero attached hydrogens (tertiary/aromatic N) is 2. The maximum Gasteiger partial charge on any atom is 0.411 e. The molecule has 2 heterocycles. The van der Waals surface area contributed by atoms with Gasteiger partial charge in [0.1, 0.15) is 11.9 Å². The molecular formula is C50H63N5O6Si. The van der Waals surface area contributed by atoms with E-state index in [0.717, 1.165) is 65.8 Å². The number of ether oxygens (including phenoxy) is 1. The maximum absolute atomic E-state index is 13.2. The third kappa shape index (κ3) is 11.0. The second kappa shape index (κ2) is 19.4. The number of carbonyl (C=O) groups is 2. The fraction of sp³-hybridized carbons (Fsp3) is 0.420. The number of hydrogen-bond acceptors (Lipinski definition) is 8. The number of pyridine rings is 1. The van der Waals surface area contributed by atoms with Gasteiger partial charge in [-0.3, -0.25) is 19.8 Å². The Labute approximate surface area is 367 Å². The first-order chi connectivity index (χ1) is 29.6. The summed E-state index contributed by atoms with van der Waals surface area (Å²) >= 11 is 0. The molecule has 4 N–H and O–H groups in total. The van der Waals surface area contributed by atoms with E-state index >= 15 is 0 Å². The SMILES string of the molecule is CN(CCNC[C@H](O[Si](C)(C)C(C)(C)C)c1ccc(O)c2[nH]c(=O)ccc12)C(=O)CCc1ccc(CN2C[C@H]3C[C@H](OC(=O)Nc4ccccc4-c4ccccc4)C[C@H]3C2)cc1. The van der Waals surface area contributed by atoms with Crippen molar-refractivity contribution in [2.75, 3.05) is 45.1 Å². The Balaban J connectivity index is 0.829. The van der Waals surface area contributed by atoms with Crippen LogP contribution in [-0.2, 0) is 26.9 Å². The number of nitrogens with one attached hydrogen (secondary N) is 3. The molecule has 62 heavy (non-hydrogen) atoms. The van der Waals surface area contributed by atoms with Gasteiger partial charge in [-0.05, 0) is 89.7 Å². The van der Waals surface area contributed by atoms with Crippen molar-refractivity contribution in [1.82, 2.24) is 20.1 Å². The van der Waals surface area contributed by atoms with Crippen LogP contribution in [0.15, 0.2) is 108 Å². The zero-order chi connectivity index (χ0) is 44.0. The van der Waals surface area contributed by atoms with Crippen LogP contribution in [0.5, 0.6) is 5.75 Å². The van der Waals surface area contributed by atoms with E-state index < -0.39 is 14.4 Å². The number of aryl methyl sites for hydroxylation is 1. The Morgan fingerprint density at radius 2 is 1.58 bits per heavy atom. The second-order valence-electron chi connectivity index (χ2n) is 18.7. The van der Waals surface area contributed by atoms with Crippen LogP contribution < -0.4 is 16.2 Å². The molecule has 5 aromatic rings. The van der Waals surface area contributed by atoms with Crippen molar-refractivity contribution in [3.63, 3.8) is 0 Å². The Morgan fingerprint density at radius 1 is 0.903 bits per heavy atom. The molecule has 1 aliphatic heterocycles. The van der Waals surface area contributed by atoms with Crippen molar-refractivity contribution in [3.8, 4) is 16.9 Å². The van der Waals surface area contributed by atoms with E-state index in [1.54, 1.807) is 17.0 Å². The molecule has 1 aromatic heterocycles. The normalized spacial score (nSPS) is 18.4. The topological polar surface area (TPSA) is 136 Å². The van der Waals surface area contributed by atoms with Gasteiger partial charge in [0.25, 0.3) is 0 Å². The molecule has 0 unspecified atom stereocenters. The van der Waals surface area contributed by atoms with Crippen molar-refractivity contribution in [3.05, 3.63) is 130 Å². The number of amides is 2. The van der Waals surface area contributed by atoms with Crippen LogP contribution in [0.2, 0.25) is 18.1 Å². The van der Waals surface area contributed by atoms with Gasteiger partial charge in [0.05, 0.1) is 17.3 Å². The van der Waals surface area contributed by atoms with Crippen LogP contribution in [0.1, 0.15) is 62.8 Å². The zero-order valence-electron chi connectivity index (χ0n) is 37.1. The molecule has 328 valence electrons. The minimum atomic E-state index is -2.21. The number of aromatic nitrogens is 1. The number of phenolic OH excluding ortho intramolecular Hbond substituents is 1. The summed E-state index contributed by atoms with van der Waals surface area (Å²) in [5.41, 5.74) is 6.20. The number of likely N-dealkylation sites (N-methyl/N-ethyl adjacent to an activating group) is 1. The van der Waals surface area contributed by atoms with Crippen LogP contribution in [0.4, 0.5) is 10.5 Å². The molecule has 0 bridgehead atoms. The monoisotopic (exact) mass is 857 g/mol. The first-order valence-electron chi connectivity index (χ1n) is 22.0. The Bertz CT molecular complexity index is 2370. The highest BCUT2D eigenvalue weighted by Gasteiger charge is 2.42. The van der Waals surface area contributed by atoms with Gasteiger partial charge in [-0.15, -0.1) is 0 Å².